The first-order chi connectivity index (χ1) is 24.0. The lowest BCUT2D eigenvalue weighted by atomic mass is 9.95. The van der Waals surface area contributed by atoms with E-state index in [4.69, 9.17) is 28.4 Å². The number of benzene rings is 3. The Hall–Kier alpha value is -4.18. The lowest BCUT2D eigenvalue weighted by Crippen LogP contribution is -2.68. The van der Waals surface area contributed by atoms with Crippen molar-refractivity contribution in [1.82, 2.24) is 10.6 Å². The number of hydrogen-bond acceptors (Lipinski definition) is 11. The standard InChI is InChI=1S/C36H42N2O11S/c1-23(34(41)44-19-20-50(42,43)28-17-11-6-12-18-28)37-33(40)24(2)47-32-30(38-25(3)39)36(45-21-26-13-7-4-8-14-26)48-29-22-46-35(49-31(29)32)27-15-9-5-10-16-27/h4-18,23-24,29-32,35-36H,19-22H2,1-3H3,(H,37,40)(H,38,39)/t23-,24+,29?,30?,31+,32+,35?,36-/m0/s1. The van der Waals surface area contributed by atoms with Crippen LogP contribution in [0, 0.1) is 0 Å². The van der Waals surface area contributed by atoms with Crippen molar-refractivity contribution in [1.29, 1.82) is 0 Å². The molecular weight excluding hydrogens is 668 g/mol. The molecule has 2 saturated heterocycles. The maximum Gasteiger partial charge on any atom is 0.328 e. The molecule has 2 aliphatic heterocycles. The Labute approximate surface area is 291 Å². The average Bonchev–Trinajstić information content (AvgIpc) is 3.12. The number of hydrogen-bond donors (Lipinski definition) is 2. The normalized spacial score (nSPS) is 24.6. The second kappa shape index (κ2) is 17.2. The molecule has 0 aliphatic carbocycles. The monoisotopic (exact) mass is 710 g/mol. The fourth-order valence-corrected chi connectivity index (χ4v) is 6.72. The van der Waals surface area contributed by atoms with Crippen LogP contribution < -0.4 is 10.6 Å². The molecule has 50 heavy (non-hydrogen) atoms. The molecule has 13 nitrogen and oxygen atoms in total. The molecule has 0 aromatic heterocycles. The van der Waals surface area contributed by atoms with Crippen molar-refractivity contribution in [3.8, 4) is 0 Å². The molecule has 14 heteroatoms. The highest BCUT2D eigenvalue weighted by atomic mass is 32.2. The average molecular weight is 711 g/mol. The number of sulfone groups is 1. The van der Waals surface area contributed by atoms with Crippen molar-refractivity contribution < 1.29 is 51.2 Å². The lowest BCUT2D eigenvalue weighted by Gasteiger charge is -2.49. The van der Waals surface area contributed by atoms with Crippen molar-refractivity contribution in [3.05, 3.63) is 102 Å². The van der Waals surface area contributed by atoms with Gasteiger partial charge in [-0.3, -0.25) is 9.59 Å². The van der Waals surface area contributed by atoms with Gasteiger partial charge < -0.3 is 39.1 Å². The molecule has 8 atom stereocenters. The Morgan fingerprint density at radius 3 is 2.20 bits per heavy atom. The molecule has 0 spiro atoms. The molecular formula is C36H42N2O11S. The maximum atomic E-state index is 13.4. The van der Waals surface area contributed by atoms with Gasteiger partial charge in [-0.25, -0.2) is 13.2 Å². The Kier molecular flexibility index (Phi) is 12.7. The first-order valence-electron chi connectivity index (χ1n) is 16.3. The van der Waals surface area contributed by atoms with Gasteiger partial charge in [0, 0.05) is 12.5 Å². The second-order valence-electron chi connectivity index (χ2n) is 12.0. The molecule has 0 saturated carbocycles. The molecule has 2 heterocycles. The molecule has 268 valence electrons. The minimum Gasteiger partial charge on any atom is -0.463 e. The van der Waals surface area contributed by atoms with Crippen LogP contribution in [0.2, 0.25) is 0 Å². The summed E-state index contributed by atoms with van der Waals surface area (Å²) in [6.45, 7) is 4.17. The van der Waals surface area contributed by atoms with E-state index in [-0.39, 0.29) is 24.0 Å². The van der Waals surface area contributed by atoms with Crippen LogP contribution in [0.15, 0.2) is 95.9 Å². The summed E-state index contributed by atoms with van der Waals surface area (Å²) in [5.41, 5.74) is 1.64. The first-order valence-corrected chi connectivity index (χ1v) is 18.0. The van der Waals surface area contributed by atoms with Crippen LogP contribution in [-0.4, -0.2) is 88.0 Å². The minimum absolute atomic E-state index is 0.117. The van der Waals surface area contributed by atoms with Gasteiger partial charge in [0.2, 0.25) is 11.8 Å². The zero-order valence-corrected chi connectivity index (χ0v) is 28.8. The van der Waals surface area contributed by atoms with Crippen LogP contribution in [0.3, 0.4) is 0 Å². The van der Waals surface area contributed by atoms with Gasteiger partial charge >= 0.3 is 5.97 Å². The van der Waals surface area contributed by atoms with E-state index in [0.29, 0.717) is 0 Å². The van der Waals surface area contributed by atoms with Crippen molar-refractivity contribution in [2.75, 3.05) is 19.0 Å². The first kappa shape index (κ1) is 37.1. The van der Waals surface area contributed by atoms with Gasteiger partial charge in [0.15, 0.2) is 22.4 Å². The summed E-state index contributed by atoms with van der Waals surface area (Å²) in [6, 6.07) is 24.5. The third-order valence-electron chi connectivity index (χ3n) is 8.18. The zero-order valence-electron chi connectivity index (χ0n) is 28.0. The SMILES string of the molecule is CC(=O)NC1[C@@H](OCc2ccccc2)OC2COC(c3ccccc3)O[C@H]2[C@@H]1O[C@H](C)C(=O)N[C@@H](C)C(=O)OCCS(=O)(=O)c1ccccc1. The summed E-state index contributed by atoms with van der Waals surface area (Å²) >= 11 is 0. The van der Waals surface area contributed by atoms with E-state index >= 15 is 0 Å². The van der Waals surface area contributed by atoms with E-state index in [1.54, 1.807) is 18.2 Å². The van der Waals surface area contributed by atoms with Crippen molar-refractivity contribution in [3.63, 3.8) is 0 Å². The number of rotatable bonds is 14. The summed E-state index contributed by atoms with van der Waals surface area (Å²) in [5.74, 6) is -2.26. The Morgan fingerprint density at radius 1 is 0.900 bits per heavy atom. The fraction of sp³-hybridized carbons (Fsp3) is 0.417. The number of nitrogens with one attached hydrogen (secondary N) is 2. The van der Waals surface area contributed by atoms with Crippen LogP contribution in [0.5, 0.6) is 0 Å². The highest BCUT2D eigenvalue weighted by Gasteiger charge is 2.52. The summed E-state index contributed by atoms with van der Waals surface area (Å²) < 4.78 is 61.4. The molecule has 2 amide bonds. The van der Waals surface area contributed by atoms with Crippen LogP contribution in [0.25, 0.3) is 0 Å². The summed E-state index contributed by atoms with van der Waals surface area (Å²) in [6.07, 6.45) is -5.35. The molecule has 3 unspecified atom stereocenters. The quantitative estimate of drug-likeness (QED) is 0.237. The van der Waals surface area contributed by atoms with Gasteiger partial charge in [-0.05, 0) is 31.5 Å². The Morgan fingerprint density at radius 2 is 1.54 bits per heavy atom. The highest BCUT2D eigenvalue weighted by molar-refractivity contribution is 7.91. The van der Waals surface area contributed by atoms with Gasteiger partial charge in [0.05, 0.1) is 23.9 Å². The van der Waals surface area contributed by atoms with E-state index in [1.807, 2.05) is 60.7 Å². The molecule has 5 rings (SSSR count). The van der Waals surface area contributed by atoms with E-state index < -0.39 is 83.2 Å². The molecule has 0 radical (unpaired) electrons. The molecule has 2 aliphatic rings. The zero-order chi connectivity index (χ0) is 35.7. The highest BCUT2D eigenvalue weighted by Crippen LogP contribution is 2.36. The van der Waals surface area contributed by atoms with Crippen molar-refractivity contribution >= 4 is 27.6 Å². The lowest BCUT2D eigenvalue weighted by molar-refractivity contribution is -0.351. The predicted molar refractivity (Wildman–Crippen MR) is 179 cm³/mol. The number of carbonyl (C=O) groups is 3. The molecule has 0 bridgehead atoms. The Balaban J connectivity index is 1.27. The van der Waals surface area contributed by atoms with E-state index in [2.05, 4.69) is 10.6 Å². The van der Waals surface area contributed by atoms with Crippen molar-refractivity contribution in [2.45, 2.75) is 81.4 Å². The summed E-state index contributed by atoms with van der Waals surface area (Å²) in [7, 11) is -3.66. The molecule has 2 N–H and O–H groups in total. The topological polar surface area (TPSA) is 165 Å². The molecule has 3 aromatic carbocycles. The van der Waals surface area contributed by atoms with Gasteiger partial charge in [-0.1, -0.05) is 78.9 Å². The number of amides is 2. The number of carbonyl (C=O) groups excluding carboxylic acids is 3. The summed E-state index contributed by atoms with van der Waals surface area (Å²) in [4.78, 5) is 38.7. The van der Waals surface area contributed by atoms with Gasteiger partial charge in [0.25, 0.3) is 0 Å². The maximum absolute atomic E-state index is 13.4. The van der Waals surface area contributed by atoms with Gasteiger partial charge in [-0.15, -0.1) is 0 Å². The van der Waals surface area contributed by atoms with Gasteiger partial charge in [0.1, 0.15) is 43.1 Å². The largest absolute Gasteiger partial charge is 0.463 e. The molecule has 3 aromatic rings. The third-order valence-corrected chi connectivity index (χ3v) is 9.87. The number of fused-ring (bicyclic) bond motifs is 1. The van der Waals surface area contributed by atoms with E-state index in [0.717, 1.165) is 11.1 Å². The van der Waals surface area contributed by atoms with E-state index in [9.17, 15) is 22.8 Å². The van der Waals surface area contributed by atoms with Crippen LogP contribution >= 0.6 is 0 Å². The summed E-state index contributed by atoms with van der Waals surface area (Å²) in [5, 5.41) is 5.43. The van der Waals surface area contributed by atoms with Crippen LogP contribution in [0.4, 0.5) is 0 Å². The fourth-order valence-electron chi connectivity index (χ4n) is 5.61. The third kappa shape index (κ3) is 9.74. The van der Waals surface area contributed by atoms with Crippen LogP contribution in [-0.2, 0) is 59.2 Å². The predicted octanol–water partition coefficient (Wildman–Crippen LogP) is 2.84. The minimum atomic E-state index is -3.66. The van der Waals surface area contributed by atoms with Crippen molar-refractivity contribution in [2.24, 2.45) is 0 Å². The number of esters is 1. The smallest absolute Gasteiger partial charge is 0.328 e. The number of ether oxygens (including phenoxy) is 6. The second-order valence-corrected chi connectivity index (χ2v) is 14.1. The molecule has 2 fully saturated rings. The van der Waals surface area contributed by atoms with Crippen LogP contribution in [0.1, 0.15) is 38.2 Å². The van der Waals surface area contributed by atoms with E-state index in [1.165, 1.54) is 32.9 Å². The Bertz CT molecular complexity index is 1680. The van der Waals surface area contributed by atoms with Gasteiger partial charge in [-0.2, -0.15) is 0 Å².